The highest BCUT2D eigenvalue weighted by Gasteiger charge is 2.11. The monoisotopic (exact) mass is 377 g/mol. The van der Waals surface area contributed by atoms with Crippen molar-refractivity contribution < 1.29 is 8.78 Å². The van der Waals surface area contributed by atoms with Gasteiger partial charge in [-0.3, -0.25) is 4.98 Å². The molecule has 3 nitrogen and oxygen atoms in total. The van der Waals surface area contributed by atoms with Gasteiger partial charge in [0.2, 0.25) is 0 Å². The van der Waals surface area contributed by atoms with E-state index in [0.717, 1.165) is 6.07 Å². The molecule has 0 saturated carbocycles. The maximum Gasteiger partial charge on any atom is 0.149 e. The summed E-state index contributed by atoms with van der Waals surface area (Å²) >= 11 is 6.24. The van der Waals surface area contributed by atoms with Gasteiger partial charge in [-0.15, -0.1) is 0 Å². The van der Waals surface area contributed by atoms with Gasteiger partial charge in [0.15, 0.2) is 0 Å². The molecule has 0 amide bonds. The van der Waals surface area contributed by atoms with Gasteiger partial charge in [0.1, 0.15) is 11.6 Å². The Balaban J connectivity index is 2.43. The van der Waals surface area contributed by atoms with Gasteiger partial charge in [-0.25, -0.2) is 8.78 Å². The number of rotatable bonds is 2. The zero-order valence-corrected chi connectivity index (χ0v) is 12.0. The molecule has 0 aliphatic heterocycles. The Kier molecular flexibility index (Phi) is 3.82. The lowest BCUT2D eigenvalue weighted by molar-refractivity contribution is 0.581. The molecule has 0 atom stereocenters. The third-order valence-electron chi connectivity index (χ3n) is 2.20. The van der Waals surface area contributed by atoms with Gasteiger partial charge in [0, 0.05) is 12.3 Å². The Bertz CT molecular complexity index is 585. The van der Waals surface area contributed by atoms with Crippen molar-refractivity contribution >= 4 is 48.9 Å². The van der Waals surface area contributed by atoms with E-state index in [2.05, 4.69) is 42.2 Å². The average molecular weight is 379 g/mol. The maximum atomic E-state index is 13.6. The molecule has 0 spiro atoms. The van der Waals surface area contributed by atoms with Crippen molar-refractivity contribution in [2.45, 2.75) is 0 Å². The van der Waals surface area contributed by atoms with Crippen LogP contribution in [0.2, 0.25) is 0 Å². The zero-order chi connectivity index (χ0) is 13.3. The number of hydrogen-bond donors (Lipinski definition) is 2. The lowest BCUT2D eigenvalue weighted by Crippen LogP contribution is -2.00. The van der Waals surface area contributed by atoms with Crippen molar-refractivity contribution in [3.63, 3.8) is 0 Å². The molecule has 0 aliphatic carbocycles. The molecule has 2 rings (SSSR count). The topological polar surface area (TPSA) is 50.9 Å². The predicted octanol–water partition coefficient (Wildman–Crippen LogP) is 4.21. The number of nitrogen functional groups attached to an aromatic ring is 1. The molecule has 1 aromatic heterocycles. The van der Waals surface area contributed by atoms with Gasteiger partial charge in [-0.1, -0.05) is 0 Å². The molecular weight excluding hydrogens is 372 g/mol. The number of nitrogens with two attached hydrogens (primary N) is 1. The average Bonchev–Trinajstić information content (AvgIpc) is 2.30. The van der Waals surface area contributed by atoms with E-state index in [1.165, 1.54) is 18.5 Å². The van der Waals surface area contributed by atoms with Crippen molar-refractivity contribution in [3.05, 3.63) is 45.1 Å². The Morgan fingerprint density at radius 1 is 1.06 bits per heavy atom. The quantitative estimate of drug-likeness (QED) is 0.769. The van der Waals surface area contributed by atoms with Crippen LogP contribution in [0.3, 0.4) is 0 Å². The minimum absolute atomic E-state index is 0.113. The number of nitrogens with one attached hydrogen (secondary N) is 1. The highest BCUT2D eigenvalue weighted by Crippen LogP contribution is 2.32. The third-order valence-corrected chi connectivity index (χ3v) is 3.41. The van der Waals surface area contributed by atoms with Crippen LogP contribution in [0.4, 0.5) is 25.8 Å². The fourth-order valence-electron chi connectivity index (χ4n) is 1.33. The molecule has 18 heavy (non-hydrogen) atoms. The van der Waals surface area contributed by atoms with Crippen LogP contribution in [0, 0.1) is 11.6 Å². The Labute approximate surface area is 119 Å². The molecule has 0 aliphatic rings. The van der Waals surface area contributed by atoms with E-state index in [4.69, 9.17) is 5.73 Å². The minimum atomic E-state index is -0.709. The number of benzene rings is 1. The summed E-state index contributed by atoms with van der Waals surface area (Å²) in [7, 11) is 0. The van der Waals surface area contributed by atoms with Crippen LogP contribution in [0.25, 0.3) is 0 Å². The fourth-order valence-corrected chi connectivity index (χ4v) is 2.12. The fraction of sp³-hybridized carbons (Fsp3) is 0. The Morgan fingerprint density at radius 3 is 2.44 bits per heavy atom. The highest BCUT2D eigenvalue weighted by molar-refractivity contribution is 9.10. The van der Waals surface area contributed by atoms with Crippen molar-refractivity contribution in [2.24, 2.45) is 0 Å². The molecule has 1 heterocycles. The van der Waals surface area contributed by atoms with Gasteiger partial charge in [-0.05, 0) is 37.9 Å². The first kappa shape index (κ1) is 13.2. The van der Waals surface area contributed by atoms with Gasteiger partial charge in [0.05, 0.1) is 32.2 Å². The Hall–Kier alpha value is -1.21. The van der Waals surface area contributed by atoms with Crippen LogP contribution >= 0.6 is 31.9 Å². The maximum absolute atomic E-state index is 13.6. The second-order valence-corrected chi connectivity index (χ2v) is 5.17. The molecular formula is C11H7Br2F2N3. The number of anilines is 3. The molecule has 0 bridgehead atoms. The third kappa shape index (κ3) is 2.62. The number of pyridine rings is 1. The summed E-state index contributed by atoms with van der Waals surface area (Å²) in [4.78, 5) is 3.87. The van der Waals surface area contributed by atoms with Crippen molar-refractivity contribution in [2.75, 3.05) is 11.1 Å². The Morgan fingerprint density at radius 2 is 1.78 bits per heavy atom. The first-order valence-corrected chi connectivity index (χ1v) is 6.38. The predicted molar refractivity (Wildman–Crippen MR) is 73.7 cm³/mol. The first-order valence-electron chi connectivity index (χ1n) is 4.79. The molecule has 7 heteroatoms. The van der Waals surface area contributed by atoms with E-state index in [1.54, 1.807) is 0 Å². The van der Waals surface area contributed by atoms with E-state index in [-0.39, 0.29) is 10.2 Å². The van der Waals surface area contributed by atoms with Crippen LogP contribution in [0.15, 0.2) is 33.5 Å². The molecule has 0 saturated heterocycles. The molecule has 1 aromatic carbocycles. The number of hydrogen-bond acceptors (Lipinski definition) is 3. The van der Waals surface area contributed by atoms with Crippen LogP contribution in [-0.4, -0.2) is 4.98 Å². The van der Waals surface area contributed by atoms with Crippen molar-refractivity contribution in [3.8, 4) is 0 Å². The van der Waals surface area contributed by atoms with Crippen molar-refractivity contribution in [1.29, 1.82) is 0 Å². The second-order valence-electron chi connectivity index (χ2n) is 3.46. The van der Waals surface area contributed by atoms with Crippen LogP contribution in [0.5, 0.6) is 0 Å². The van der Waals surface area contributed by atoms with E-state index < -0.39 is 11.6 Å². The first-order chi connectivity index (χ1) is 8.49. The van der Waals surface area contributed by atoms with E-state index >= 15 is 0 Å². The summed E-state index contributed by atoms with van der Waals surface area (Å²) in [6.07, 6.45) is 2.96. The summed E-state index contributed by atoms with van der Waals surface area (Å²) in [6, 6.07) is 2.09. The summed E-state index contributed by atoms with van der Waals surface area (Å²) in [5.74, 6) is -1.38. The van der Waals surface area contributed by atoms with Crippen LogP contribution < -0.4 is 11.1 Å². The standard InChI is InChI=1S/C11H7Br2F2N3/c12-5-1-10(8(15)2-7(5)14)18-11-6(13)3-17-4-9(11)16/h1-4H,16H2,(H,17,18). The molecule has 3 N–H and O–H groups in total. The second kappa shape index (κ2) is 5.19. The molecule has 94 valence electrons. The summed E-state index contributed by atoms with van der Waals surface area (Å²) in [5.41, 5.74) is 6.66. The largest absolute Gasteiger partial charge is 0.396 e. The van der Waals surface area contributed by atoms with Crippen LogP contribution in [0.1, 0.15) is 0 Å². The van der Waals surface area contributed by atoms with E-state index in [9.17, 15) is 8.78 Å². The van der Waals surface area contributed by atoms with Crippen molar-refractivity contribution in [1.82, 2.24) is 4.98 Å². The minimum Gasteiger partial charge on any atom is -0.396 e. The molecule has 0 fully saturated rings. The molecule has 0 unspecified atom stereocenters. The normalized spacial score (nSPS) is 10.4. The van der Waals surface area contributed by atoms with E-state index in [1.807, 2.05) is 0 Å². The zero-order valence-electron chi connectivity index (χ0n) is 8.85. The highest BCUT2D eigenvalue weighted by atomic mass is 79.9. The summed E-state index contributed by atoms with van der Waals surface area (Å²) in [6.45, 7) is 0. The lowest BCUT2D eigenvalue weighted by Gasteiger charge is -2.12. The number of halogens is 4. The van der Waals surface area contributed by atoms with Gasteiger partial charge in [0.25, 0.3) is 0 Å². The van der Waals surface area contributed by atoms with Gasteiger partial charge in [-0.2, -0.15) is 0 Å². The molecule has 0 radical (unpaired) electrons. The summed E-state index contributed by atoms with van der Waals surface area (Å²) in [5, 5.41) is 2.79. The lowest BCUT2D eigenvalue weighted by atomic mass is 10.2. The van der Waals surface area contributed by atoms with Gasteiger partial charge < -0.3 is 11.1 Å². The van der Waals surface area contributed by atoms with E-state index in [0.29, 0.717) is 15.8 Å². The number of aromatic nitrogens is 1. The van der Waals surface area contributed by atoms with Gasteiger partial charge >= 0.3 is 0 Å². The number of nitrogens with zero attached hydrogens (tertiary/aromatic N) is 1. The SMILES string of the molecule is Nc1cncc(Br)c1Nc1cc(Br)c(F)cc1F. The smallest absolute Gasteiger partial charge is 0.149 e. The molecule has 2 aromatic rings. The van der Waals surface area contributed by atoms with Crippen LogP contribution in [-0.2, 0) is 0 Å². The summed E-state index contributed by atoms with van der Waals surface area (Å²) < 4.78 is 27.4.